The molecule has 2 heterocycles. The number of piperidine rings is 1. The number of halogens is 1. The number of amides is 2. The number of methoxy groups -OCH3 is 2. The molecule has 2 aromatic carbocycles. The van der Waals surface area contributed by atoms with Crippen molar-refractivity contribution in [2.75, 3.05) is 44.1 Å². The van der Waals surface area contributed by atoms with E-state index in [-0.39, 0.29) is 12.1 Å². The summed E-state index contributed by atoms with van der Waals surface area (Å²) in [6, 6.07) is 11.4. The minimum absolute atomic E-state index is 0.0380. The number of carbonyl (C=O) groups excluding carboxylic acids is 1. The Labute approximate surface area is 189 Å². The average molecular weight is 444 g/mol. The molecule has 0 aromatic heterocycles. The van der Waals surface area contributed by atoms with Gasteiger partial charge in [0.25, 0.3) is 0 Å². The van der Waals surface area contributed by atoms with Crippen LogP contribution in [0, 0.1) is 0 Å². The number of anilines is 2. The number of likely N-dealkylation sites (tertiary alicyclic amines) is 1. The molecule has 1 atom stereocenters. The Hall–Kier alpha value is -2.60. The summed E-state index contributed by atoms with van der Waals surface area (Å²) in [5.74, 6) is 1.47. The molecule has 2 amide bonds. The minimum Gasteiger partial charge on any atom is -0.497 e. The molecule has 7 heteroatoms. The summed E-state index contributed by atoms with van der Waals surface area (Å²) in [4.78, 5) is 17.3. The molecule has 2 aliphatic rings. The highest BCUT2D eigenvalue weighted by Crippen LogP contribution is 2.39. The highest BCUT2D eigenvalue weighted by atomic mass is 35.5. The van der Waals surface area contributed by atoms with E-state index in [4.69, 9.17) is 21.1 Å². The van der Waals surface area contributed by atoms with E-state index >= 15 is 0 Å². The monoisotopic (exact) mass is 443 g/mol. The van der Waals surface area contributed by atoms with E-state index in [1.165, 1.54) is 19.3 Å². The molecule has 4 rings (SSSR count). The number of carbonyl (C=O) groups is 1. The van der Waals surface area contributed by atoms with E-state index < -0.39 is 0 Å². The van der Waals surface area contributed by atoms with Gasteiger partial charge in [-0.1, -0.05) is 11.6 Å². The first-order chi connectivity index (χ1) is 15.1. The molecule has 2 fully saturated rings. The smallest absolute Gasteiger partial charge is 0.322 e. The fourth-order valence-electron chi connectivity index (χ4n) is 4.60. The van der Waals surface area contributed by atoms with Gasteiger partial charge in [0, 0.05) is 37.0 Å². The standard InChI is InChI=1S/C24H30ClN3O3/c1-30-18-9-10-19(23(16-18)31-2)21-7-6-14-28(21)24(29)26-17-8-11-22(20(25)15-17)27-12-4-3-5-13-27/h8-11,15-16,21H,3-7,12-14H2,1-2H3,(H,26,29). The van der Waals surface area contributed by atoms with Crippen molar-refractivity contribution in [3.63, 3.8) is 0 Å². The number of hydrogen-bond acceptors (Lipinski definition) is 4. The van der Waals surface area contributed by atoms with E-state index in [0.717, 1.165) is 48.7 Å². The van der Waals surface area contributed by atoms with Crippen molar-refractivity contribution in [3.8, 4) is 11.5 Å². The number of rotatable bonds is 5. The molecule has 2 aliphatic heterocycles. The van der Waals surface area contributed by atoms with Crippen LogP contribution in [0.2, 0.25) is 5.02 Å². The van der Waals surface area contributed by atoms with Gasteiger partial charge in [-0.3, -0.25) is 0 Å². The predicted octanol–water partition coefficient (Wildman–Crippen LogP) is 5.72. The first-order valence-electron chi connectivity index (χ1n) is 10.9. The van der Waals surface area contributed by atoms with Crippen molar-refractivity contribution >= 4 is 29.0 Å². The Morgan fingerprint density at radius 3 is 2.52 bits per heavy atom. The molecule has 0 spiro atoms. The van der Waals surface area contributed by atoms with Crippen LogP contribution in [0.1, 0.15) is 43.7 Å². The highest BCUT2D eigenvalue weighted by molar-refractivity contribution is 6.33. The van der Waals surface area contributed by atoms with E-state index in [0.29, 0.717) is 17.3 Å². The van der Waals surface area contributed by atoms with Gasteiger partial charge in [-0.2, -0.15) is 0 Å². The first kappa shape index (κ1) is 21.6. The normalized spacial score (nSPS) is 18.7. The molecule has 2 aromatic rings. The summed E-state index contributed by atoms with van der Waals surface area (Å²) < 4.78 is 10.9. The molecule has 1 N–H and O–H groups in total. The van der Waals surface area contributed by atoms with E-state index in [1.807, 2.05) is 41.3 Å². The van der Waals surface area contributed by atoms with E-state index in [9.17, 15) is 4.79 Å². The number of nitrogens with one attached hydrogen (secondary N) is 1. The van der Waals surface area contributed by atoms with Crippen molar-refractivity contribution < 1.29 is 14.3 Å². The van der Waals surface area contributed by atoms with Crippen molar-refractivity contribution in [2.45, 2.75) is 38.1 Å². The van der Waals surface area contributed by atoms with Gasteiger partial charge in [0.05, 0.1) is 31.0 Å². The zero-order valence-corrected chi connectivity index (χ0v) is 19.0. The Kier molecular flexibility index (Phi) is 6.76. The highest BCUT2D eigenvalue weighted by Gasteiger charge is 2.32. The number of nitrogens with zero attached hydrogens (tertiary/aromatic N) is 2. The summed E-state index contributed by atoms with van der Waals surface area (Å²) in [7, 11) is 3.27. The van der Waals surface area contributed by atoms with Crippen LogP contribution in [-0.4, -0.2) is 44.8 Å². The van der Waals surface area contributed by atoms with Gasteiger partial charge in [-0.25, -0.2) is 4.79 Å². The number of benzene rings is 2. The van der Waals surface area contributed by atoms with Crippen molar-refractivity contribution in [2.24, 2.45) is 0 Å². The Morgan fingerprint density at radius 1 is 1.00 bits per heavy atom. The lowest BCUT2D eigenvalue weighted by molar-refractivity contribution is 0.206. The predicted molar refractivity (Wildman–Crippen MR) is 125 cm³/mol. The third kappa shape index (κ3) is 4.69. The van der Waals surface area contributed by atoms with Crippen LogP contribution in [-0.2, 0) is 0 Å². The maximum absolute atomic E-state index is 13.1. The van der Waals surface area contributed by atoms with Crippen LogP contribution in [0.4, 0.5) is 16.2 Å². The van der Waals surface area contributed by atoms with Crippen LogP contribution < -0.4 is 19.7 Å². The molecule has 0 bridgehead atoms. The third-order valence-corrected chi connectivity index (χ3v) is 6.51. The molecular formula is C24H30ClN3O3. The second-order valence-corrected chi connectivity index (χ2v) is 8.51. The summed E-state index contributed by atoms with van der Waals surface area (Å²) in [5, 5.41) is 3.71. The van der Waals surface area contributed by atoms with Crippen LogP contribution in [0.3, 0.4) is 0 Å². The third-order valence-electron chi connectivity index (χ3n) is 6.21. The zero-order chi connectivity index (χ0) is 21.8. The molecule has 0 saturated carbocycles. The van der Waals surface area contributed by atoms with Gasteiger partial charge in [0.2, 0.25) is 0 Å². The van der Waals surface area contributed by atoms with Crippen LogP contribution in [0.5, 0.6) is 11.5 Å². The quantitative estimate of drug-likeness (QED) is 0.642. The van der Waals surface area contributed by atoms with Crippen molar-refractivity contribution in [3.05, 3.63) is 47.0 Å². The number of hydrogen-bond donors (Lipinski definition) is 1. The lowest BCUT2D eigenvalue weighted by Gasteiger charge is -2.30. The summed E-state index contributed by atoms with van der Waals surface area (Å²) in [6.07, 6.45) is 5.50. The maximum Gasteiger partial charge on any atom is 0.322 e. The molecule has 1 unspecified atom stereocenters. The van der Waals surface area contributed by atoms with Crippen LogP contribution in [0.25, 0.3) is 0 Å². The number of ether oxygens (including phenoxy) is 2. The second kappa shape index (κ2) is 9.69. The Balaban J connectivity index is 1.48. The maximum atomic E-state index is 13.1. The van der Waals surface area contributed by atoms with Crippen molar-refractivity contribution in [1.82, 2.24) is 4.90 Å². The molecule has 0 aliphatic carbocycles. The van der Waals surface area contributed by atoms with Gasteiger partial charge < -0.3 is 24.6 Å². The SMILES string of the molecule is COc1ccc(C2CCCN2C(=O)Nc2ccc(N3CCCCC3)c(Cl)c2)c(OC)c1. The Bertz CT molecular complexity index is 930. The van der Waals surface area contributed by atoms with Gasteiger partial charge in [0.15, 0.2) is 0 Å². The minimum atomic E-state index is -0.123. The van der Waals surface area contributed by atoms with E-state index in [2.05, 4.69) is 10.2 Å². The molecule has 166 valence electrons. The van der Waals surface area contributed by atoms with Gasteiger partial charge in [-0.05, 0) is 62.4 Å². The molecular weight excluding hydrogens is 414 g/mol. The van der Waals surface area contributed by atoms with Crippen LogP contribution in [0.15, 0.2) is 36.4 Å². The summed E-state index contributed by atoms with van der Waals surface area (Å²) >= 11 is 6.56. The fraction of sp³-hybridized carbons (Fsp3) is 0.458. The molecule has 6 nitrogen and oxygen atoms in total. The van der Waals surface area contributed by atoms with Crippen molar-refractivity contribution in [1.29, 1.82) is 0 Å². The molecule has 31 heavy (non-hydrogen) atoms. The molecule has 2 saturated heterocycles. The average Bonchev–Trinajstić information content (AvgIpc) is 3.29. The van der Waals surface area contributed by atoms with Gasteiger partial charge in [-0.15, -0.1) is 0 Å². The first-order valence-corrected chi connectivity index (χ1v) is 11.3. The van der Waals surface area contributed by atoms with E-state index in [1.54, 1.807) is 14.2 Å². The van der Waals surface area contributed by atoms with Gasteiger partial charge in [0.1, 0.15) is 11.5 Å². The summed E-state index contributed by atoms with van der Waals surface area (Å²) in [5.41, 5.74) is 2.75. The fourth-order valence-corrected chi connectivity index (χ4v) is 4.90. The lowest BCUT2D eigenvalue weighted by atomic mass is 10.0. The van der Waals surface area contributed by atoms with Crippen LogP contribution >= 0.6 is 11.6 Å². The topological polar surface area (TPSA) is 54.0 Å². The molecule has 0 radical (unpaired) electrons. The largest absolute Gasteiger partial charge is 0.497 e. The zero-order valence-electron chi connectivity index (χ0n) is 18.2. The van der Waals surface area contributed by atoms with Gasteiger partial charge >= 0.3 is 6.03 Å². The lowest BCUT2D eigenvalue weighted by Crippen LogP contribution is -2.34. The number of urea groups is 1. The summed E-state index contributed by atoms with van der Waals surface area (Å²) in [6.45, 7) is 2.76. The second-order valence-electron chi connectivity index (χ2n) is 8.10. The Morgan fingerprint density at radius 2 is 1.81 bits per heavy atom.